The van der Waals surface area contributed by atoms with Crippen LogP contribution >= 0.6 is 0 Å². The molecule has 0 aliphatic rings. The summed E-state index contributed by atoms with van der Waals surface area (Å²) in [5, 5.41) is 12.5. The van der Waals surface area contributed by atoms with Gasteiger partial charge in [0.05, 0.1) is 12.7 Å². The summed E-state index contributed by atoms with van der Waals surface area (Å²) in [6.07, 6.45) is -2.04. The summed E-state index contributed by atoms with van der Waals surface area (Å²) in [5.74, 6) is -2.31. The Hall–Kier alpha value is -2.22. The molecule has 0 saturated heterocycles. The number of carbonyl (C=O) groups is 2. The van der Waals surface area contributed by atoms with Gasteiger partial charge in [-0.15, -0.1) is 0 Å². The number of rotatable bonds is 7. The molecular formula is C18H25F2NO5. The maximum Gasteiger partial charge on any atom is 0.408 e. The van der Waals surface area contributed by atoms with Crippen LogP contribution in [0.25, 0.3) is 0 Å². The number of hydrogen-bond acceptors (Lipinski definition) is 5. The van der Waals surface area contributed by atoms with Gasteiger partial charge in [-0.2, -0.15) is 0 Å². The van der Waals surface area contributed by atoms with Crippen molar-refractivity contribution in [3.63, 3.8) is 0 Å². The number of amides is 1. The third-order valence-corrected chi connectivity index (χ3v) is 3.26. The van der Waals surface area contributed by atoms with E-state index in [-0.39, 0.29) is 25.0 Å². The highest BCUT2D eigenvalue weighted by Gasteiger charge is 2.26. The second-order valence-corrected chi connectivity index (χ2v) is 6.75. The third kappa shape index (κ3) is 7.77. The van der Waals surface area contributed by atoms with Crippen LogP contribution in [0.4, 0.5) is 13.6 Å². The van der Waals surface area contributed by atoms with Crippen molar-refractivity contribution < 1.29 is 33.0 Å². The molecule has 146 valence electrons. The summed E-state index contributed by atoms with van der Waals surface area (Å²) in [7, 11) is 0. The van der Waals surface area contributed by atoms with E-state index >= 15 is 0 Å². The van der Waals surface area contributed by atoms with Gasteiger partial charge in [0.2, 0.25) is 0 Å². The predicted octanol–water partition coefficient (Wildman–Crippen LogP) is 3.23. The zero-order chi connectivity index (χ0) is 19.9. The molecule has 1 rings (SSSR count). The molecule has 0 aliphatic heterocycles. The van der Waals surface area contributed by atoms with Gasteiger partial charge >= 0.3 is 12.1 Å². The van der Waals surface area contributed by atoms with E-state index in [2.05, 4.69) is 5.32 Å². The van der Waals surface area contributed by atoms with Gasteiger partial charge in [0.25, 0.3) is 0 Å². The van der Waals surface area contributed by atoms with E-state index in [1.807, 2.05) is 0 Å². The zero-order valence-corrected chi connectivity index (χ0v) is 15.3. The van der Waals surface area contributed by atoms with Gasteiger partial charge in [0, 0.05) is 6.07 Å². The number of ether oxygens (including phenoxy) is 2. The van der Waals surface area contributed by atoms with Gasteiger partial charge in [-0.05, 0) is 58.2 Å². The number of nitrogens with one attached hydrogen (secondary N) is 1. The first-order chi connectivity index (χ1) is 12.0. The molecule has 0 saturated carbocycles. The first-order valence-corrected chi connectivity index (χ1v) is 8.32. The SMILES string of the molecule is CCOC(=O)[C@H](CCC(O)c1cc(F)cc(F)c1)NC(=O)OC(C)(C)C. The molecule has 26 heavy (non-hydrogen) atoms. The highest BCUT2D eigenvalue weighted by molar-refractivity contribution is 5.81. The summed E-state index contributed by atoms with van der Waals surface area (Å²) in [4.78, 5) is 23.9. The van der Waals surface area contributed by atoms with Crippen molar-refractivity contribution in [1.82, 2.24) is 5.32 Å². The molecular weight excluding hydrogens is 348 g/mol. The Morgan fingerprint density at radius 1 is 1.15 bits per heavy atom. The standard InChI is InChI=1S/C18H25F2NO5/c1-5-25-16(23)14(21-17(24)26-18(2,3)4)6-7-15(22)11-8-12(19)10-13(20)9-11/h8-10,14-15,22H,5-7H2,1-4H3,(H,21,24)/t14-,15?/m0/s1. The molecule has 0 heterocycles. The Kier molecular flexibility index (Phi) is 7.95. The van der Waals surface area contributed by atoms with Crippen LogP contribution < -0.4 is 5.32 Å². The fraction of sp³-hybridized carbons (Fsp3) is 0.556. The number of aliphatic hydroxyl groups is 1. The van der Waals surface area contributed by atoms with E-state index in [4.69, 9.17) is 9.47 Å². The molecule has 0 spiro atoms. The lowest BCUT2D eigenvalue weighted by Crippen LogP contribution is -2.44. The number of esters is 1. The molecule has 6 nitrogen and oxygen atoms in total. The summed E-state index contributed by atoms with van der Waals surface area (Å²) in [6, 6.07) is 1.66. The minimum Gasteiger partial charge on any atom is -0.464 e. The van der Waals surface area contributed by atoms with Crippen LogP contribution in [0.5, 0.6) is 0 Å². The topological polar surface area (TPSA) is 84.9 Å². The highest BCUT2D eigenvalue weighted by atomic mass is 19.1. The Morgan fingerprint density at radius 2 is 1.73 bits per heavy atom. The monoisotopic (exact) mass is 373 g/mol. The van der Waals surface area contributed by atoms with Crippen LogP contribution in [0, 0.1) is 11.6 Å². The highest BCUT2D eigenvalue weighted by Crippen LogP contribution is 2.22. The average Bonchev–Trinajstić information content (AvgIpc) is 2.48. The molecule has 2 N–H and O–H groups in total. The first-order valence-electron chi connectivity index (χ1n) is 8.32. The van der Waals surface area contributed by atoms with Crippen molar-refractivity contribution in [2.24, 2.45) is 0 Å². The minimum absolute atomic E-state index is 0.00260. The number of alkyl carbamates (subject to hydrolysis) is 1. The lowest BCUT2D eigenvalue weighted by molar-refractivity contribution is -0.146. The van der Waals surface area contributed by atoms with Crippen molar-refractivity contribution in [2.45, 2.75) is 58.3 Å². The van der Waals surface area contributed by atoms with Crippen LogP contribution in [-0.4, -0.2) is 35.4 Å². The van der Waals surface area contributed by atoms with Gasteiger partial charge in [-0.25, -0.2) is 18.4 Å². The van der Waals surface area contributed by atoms with Crippen LogP contribution in [0.15, 0.2) is 18.2 Å². The zero-order valence-electron chi connectivity index (χ0n) is 15.3. The number of carbonyl (C=O) groups excluding carboxylic acids is 2. The number of aliphatic hydroxyl groups excluding tert-OH is 1. The Balaban J connectivity index is 2.75. The largest absolute Gasteiger partial charge is 0.464 e. The van der Waals surface area contributed by atoms with Gasteiger partial charge in [-0.3, -0.25) is 0 Å². The van der Waals surface area contributed by atoms with Crippen molar-refractivity contribution in [2.75, 3.05) is 6.61 Å². The molecule has 0 aromatic heterocycles. The van der Waals surface area contributed by atoms with Crippen molar-refractivity contribution in [1.29, 1.82) is 0 Å². The third-order valence-electron chi connectivity index (χ3n) is 3.26. The number of benzene rings is 1. The first kappa shape index (κ1) is 21.8. The smallest absolute Gasteiger partial charge is 0.408 e. The second kappa shape index (κ2) is 9.47. The lowest BCUT2D eigenvalue weighted by atomic mass is 10.0. The molecule has 0 bridgehead atoms. The van der Waals surface area contributed by atoms with Gasteiger partial charge in [0.1, 0.15) is 23.3 Å². The van der Waals surface area contributed by atoms with Gasteiger partial charge in [-0.1, -0.05) is 0 Å². The van der Waals surface area contributed by atoms with E-state index in [1.54, 1.807) is 27.7 Å². The summed E-state index contributed by atoms with van der Waals surface area (Å²) >= 11 is 0. The summed E-state index contributed by atoms with van der Waals surface area (Å²) < 4.78 is 36.5. The molecule has 1 aromatic carbocycles. The van der Waals surface area contributed by atoms with E-state index in [0.29, 0.717) is 6.07 Å². The van der Waals surface area contributed by atoms with Crippen LogP contribution in [0.1, 0.15) is 52.2 Å². The second-order valence-electron chi connectivity index (χ2n) is 6.75. The van der Waals surface area contributed by atoms with Crippen LogP contribution in [0.2, 0.25) is 0 Å². The number of halogens is 2. The van der Waals surface area contributed by atoms with Crippen LogP contribution in [-0.2, 0) is 14.3 Å². The van der Waals surface area contributed by atoms with E-state index in [1.165, 1.54) is 0 Å². The maximum absolute atomic E-state index is 13.2. The predicted molar refractivity (Wildman–Crippen MR) is 90.3 cm³/mol. The molecule has 1 amide bonds. The van der Waals surface area contributed by atoms with E-state index in [0.717, 1.165) is 12.1 Å². The molecule has 8 heteroatoms. The quantitative estimate of drug-likeness (QED) is 0.717. The molecule has 1 aromatic rings. The number of hydrogen-bond donors (Lipinski definition) is 2. The molecule has 0 aliphatic carbocycles. The molecule has 0 fully saturated rings. The molecule has 1 unspecified atom stereocenters. The summed E-state index contributed by atoms with van der Waals surface area (Å²) in [6.45, 7) is 6.76. The lowest BCUT2D eigenvalue weighted by Gasteiger charge is -2.23. The maximum atomic E-state index is 13.2. The summed E-state index contributed by atoms with van der Waals surface area (Å²) in [5.41, 5.74) is -0.704. The van der Waals surface area contributed by atoms with Crippen molar-refractivity contribution in [3.8, 4) is 0 Å². The minimum atomic E-state index is -1.21. The molecule has 2 atom stereocenters. The molecule has 0 radical (unpaired) electrons. The van der Waals surface area contributed by atoms with Crippen LogP contribution in [0.3, 0.4) is 0 Å². The Morgan fingerprint density at radius 3 is 2.23 bits per heavy atom. The van der Waals surface area contributed by atoms with Crippen molar-refractivity contribution in [3.05, 3.63) is 35.4 Å². The van der Waals surface area contributed by atoms with E-state index < -0.39 is 41.4 Å². The van der Waals surface area contributed by atoms with Gasteiger partial charge < -0.3 is 19.9 Å². The fourth-order valence-electron chi connectivity index (χ4n) is 2.20. The Bertz CT molecular complexity index is 610. The normalized spacial score (nSPS) is 13.7. The van der Waals surface area contributed by atoms with Crippen molar-refractivity contribution >= 4 is 12.1 Å². The van der Waals surface area contributed by atoms with E-state index in [9.17, 15) is 23.5 Å². The van der Waals surface area contributed by atoms with Gasteiger partial charge in [0.15, 0.2) is 0 Å². The fourth-order valence-corrected chi connectivity index (χ4v) is 2.20. The Labute approximate surface area is 151 Å². The average molecular weight is 373 g/mol.